The van der Waals surface area contributed by atoms with Crippen LogP contribution in [0, 0.1) is 13.8 Å². The van der Waals surface area contributed by atoms with E-state index in [0.29, 0.717) is 18.3 Å². The van der Waals surface area contributed by atoms with Gasteiger partial charge < -0.3 is 15.0 Å². The molecule has 1 aromatic heterocycles. The number of morpholine rings is 1. The third-order valence-electron chi connectivity index (χ3n) is 4.33. The Kier molecular flexibility index (Phi) is 6.59. The molecule has 144 valence electrons. The molecule has 0 unspecified atom stereocenters. The zero-order valence-corrected chi connectivity index (χ0v) is 17.0. The highest BCUT2D eigenvalue weighted by Gasteiger charge is 2.15. The van der Waals surface area contributed by atoms with E-state index < -0.39 is 0 Å². The van der Waals surface area contributed by atoms with Gasteiger partial charge >= 0.3 is 0 Å². The summed E-state index contributed by atoms with van der Waals surface area (Å²) in [6, 6.07) is 5.94. The van der Waals surface area contributed by atoms with Crippen LogP contribution in [0.1, 0.15) is 16.8 Å². The molecule has 27 heavy (non-hydrogen) atoms. The van der Waals surface area contributed by atoms with E-state index in [2.05, 4.69) is 26.1 Å². The lowest BCUT2D eigenvalue weighted by molar-refractivity contribution is -0.121. The van der Waals surface area contributed by atoms with Gasteiger partial charge in [-0.05, 0) is 43.3 Å². The number of benzene rings is 1. The van der Waals surface area contributed by atoms with Crippen LogP contribution in [0.15, 0.2) is 23.6 Å². The number of amides is 1. The summed E-state index contributed by atoms with van der Waals surface area (Å²) >= 11 is 6.79. The molecule has 0 aliphatic carbocycles. The maximum atomic E-state index is 12.1. The fourth-order valence-electron chi connectivity index (χ4n) is 2.65. The van der Waals surface area contributed by atoms with Crippen molar-refractivity contribution in [3.8, 4) is 0 Å². The highest BCUT2D eigenvalue weighted by atomic mass is 32.1. The Morgan fingerprint density at radius 1 is 1.30 bits per heavy atom. The number of thiocarbonyl (C=S) groups is 1. The number of ether oxygens (including phenoxy) is 1. The fourth-order valence-corrected chi connectivity index (χ4v) is 3.69. The molecular weight excluding hydrogens is 382 g/mol. The number of thiazole rings is 1. The first-order valence-corrected chi connectivity index (χ1v) is 10.0. The zero-order valence-electron chi connectivity index (χ0n) is 15.4. The zero-order chi connectivity index (χ0) is 19.2. The minimum absolute atomic E-state index is 0.194. The number of aryl methyl sites for hydroxylation is 1. The molecule has 0 radical (unpaired) electrons. The van der Waals surface area contributed by atoms with Crippen LogP contribution in [0.2, 0.25) is 0 Å². The van der Waals surface area contributed by atoms with Gasteiger partial charge in [-0.25, -0.2) is 4.98 Å². The number of hydrogen-bond acceptors (Lipinski definition) is 6. The number of hydrazine groups is 1. The number of nitrogens with one attached hydrogen (secondary N) is 3. The minimum atomic E-state index is -0.195. The molecule has 1 fully saturated rings. The number of carbonyl (C=O) groups is 1. The largest absolute Gasteiger partial charge is 0.378 e. The summed E-state index contributed by atoms with van der Waals surface area (Å²) in [6.45, 7) is 7.15. The van der Waals surface area contributed by atoms with Crippen LogP contribution in [-0.4, -0.2) is 42.3 Å². The summed E-state index contributed by atoms with van der Waals surface area (Å²) in [5.41, 5.74) is 9.30. The number of carbonyl (C=O) groups excluding carboxylic acids is 1. The Morgan fingerprint density at radius 3 is 2.85 bits per heavy atom. The van der Waals surface area contributed by atoms with Gasteiger partial charge in [0.25, 0.3) is 0 Å². The quantitative estimate of drug-likeness (QED) is 0.531. The van der Waals surface area contributed by atoms with E-state index in [1.165, 1.54) is 5.56 Å². The van der Waals surface area contributed by atoms with E-state index in [0.717, 1.165) is 35.2 Å². The number of rotatable bonds is 4. The normalized spacial score (nSPS) is 13.9. The molecule has 1 aromatic carbocycles. The molecule has 3 N–H and O–H groups in total. The third kappa shape index (κ3) is 5.38. The Labute approximate surface area is 168 Å². The van der Waals surface area contributed by atoms with Crippen molar-refractivity contribution in [3.63, 3.8) is 0 Å². The van der Waals surface area contributed by atoms with Gasteiger partial charge in [-0.2, -0.15) is 0 Å². The van der Waals surface area contributed by atoms with Crippen LogP contribution in [0.25, 0.3) is 0 Å². The summed E-state index contributed by atoms with van der Waals surface area (Å²) in [6.07, 6.45) is 0.194. The molecule has 1 aliphatic heterocycles. The van der Waals surface area contributed by atoms with Crippen molar-refractivity contribution in [3.05, 3.63) is 40.4 Å². The second-order valence-corrected chi connectivity index (χ2v) is 7.52. The standard InChI is InChI=1S/C18H23N5O2S2/c1-12-4-3-5-15(13(12)2)20-17(26)22-21-16(24)10-14-11-27-18(19-14)23-6-8-25-9-7-23/h3-5,11H,6-10H2,1-2H3,(H,21,24)(H2,20,22,26). The monoisotopic (exact) mass is 405 g/mol. The first kappa shape index (κ1) is 19.5. The number of aromatic nitrogens is 1. The molecule has 2 aromatic rings. The molecule has 1 saturated heterocycles. The molecule has 9 heteroatoms. The maximum Gasteiger partial charge on any atom is 0.244 e. The van der Waals surface area contributed by atoms with Gasteiger partial charge in [0.1, 0.15) is 0 Å². The Hall–Kier alpha value is -2.23. The predicted molar refractivity (Wildman–Crippen MR) is 112 cm³/mol. The highest BCUT2D eigenvalue weighted by molar-refractivity contribution is 7.80. The third-order valence-corrected chi connectivity index (χ3v) is 5.49. The van der Waals surface area contributed by atoms with Crippen molar-refractivity contribution >= 4 is 45.4 Å². The first-order valence-electron chi connectivity index (χ1n) is 8.72. The van der Waals surface area contributed by atoms with Crippen LogP contribution in [-0.2, 0) is 16.0 Å². The van der Waals surface area contributed by atoms with Gasteiger partial charge in [0, 0.05) is 24.2 Å². The topological polar surface area (TPSA) is 78.5 Å². The lowest BCUT2D eigenvalue weighted by Crippen LogP contribution is -2.44. The molecule has 3 rings (SSSR count). The van der Waals surface area contributed by atoms with E-state index in [9.17, 15) is 4.79 Å². The first-order chi connectivity index (χ1) is 13.0. The van der Waals surface area contributed by atoms with Crippen molar-refractivity contribution in [1.82, 2.24) is 15.8 Å². The molecular formula is C18H23N5O2S2. The van der Waals surface area contributed by atoms with E-state index >= 15 is 0 Å². The van der Waals surface area contributed by atoms with Crippen molar-refractivity contribution in [2.24, 2.45) is 0 Å². The van der Waals surface area contributed by atoms with Crippen LogP contribution in [0.4, 0.5) is 10.8 Å². The van der Waals surface area contributed by atoms with Crippen LogP contribution in [0.3, 0.4) is 0 Å². The van der Waals surface area contributed by atoms with E-state index in [4.69, 9.17) is 17.0 Å². The molecule has 2 heterocycles. The van der Waals surface area contributed by atoms with Gasteiger partial charge in [0.2, 0.25) is 5.91 Å². The number of nitrogens with zero attached hydrogens (tertiary/aromatic N) is 2. The highest BCUT2D eigenvalue weighted by Crippen LogP contribution is 2.21. The summed E-state index contributed by atoms with van der Waals surface area (Å²) in [5, 5.41) is 6.27. The van der Waals surface area contributed by atoms with Gasteiger partial charge in [0.05, 0.1) is 25.3 Å². The Bertz CT molecular complexity index is 818. The minimum Gasteiger partial charge on any atom is -0.378 e. The summed E-state index contributed by atoms with van der Waals surface area (Å²) in [4.78, 5) is 18.9. The molecule has 0 saturated carbocycles. The van der Waals surface area contributed by atoms with Gasteiger partial charge in [-0.1, -0.05) is 12.1 Å². The summed E-state index contributed by atoms with van der Waals surface area (Å²) in [5.74, 6) is -0.195. The summed E-state index contributed by atoms with van der Waals surface area (Å²) in [7, 11) is 0. The second-order valence-electron chi connectivity index (χ2n) is 6.27. The smallest absolute Gasteiger partial charge is 0.244 e. The van der Waals surface area contributed by atoms with Crippen molar-refractivity contribution in [1.29, 1.82) is 0 Å². The van der Waals surface area contributed by atoms with Gasteiger partial charge in [-0.15, -0.1) is 11.3 Å². The van der Waals surface area contributed by atoms with Crippen LogP contribution < -0.4 is 21.1 Å². The number of anilines is 2. The van der Waals surface area contributed by atoms with Crippen LogP contribution in [0.5, 0.6) is 0 Å². The van der Waals surface area contributed by atoms with E-state index in [1.54, 1.807) is 11.3 Å². The molecule has 7 nitrogen and oxygen atoms in total. The van der Waals surface area contributed by atoms with Gasteiger partial charge in [0.15, 0.2) is 10.2 Å². The number of hydrogen-bond donors (Lipinski definition) is 3. The Balaban J connectivity index is 1.46. The molecule has 0 atom stereocenters. The lowest BCUT2D eigenvalue weighted by Gasteiger charge is -2.26. The van der Waals surface area contributed by atoms with E-state index in [-0.39, 0.29) is 12.3 Å². The summed E-state index contributed by atoms with van der Waals surface area (Å²) < 4.78 is 5.35. The Morgan fingerprint density at radius 2 is 2.07 bits per heavy atom. The molecule has 1 amide bonds. The lowest BCUT2D eigenvalue weighted by atomic mass is 10.1. The average Bonchev–Trinajstić information content (AvgIpc) is 3.13. The molecule has 1 aliphatic rings. The maximum absolute atomic E-state index is 12.1. The van der Waals surface area contributed by atoms with Crippen LogP contribution >= 0.6 is 23.6 Å². The SMILES string of the molecule is Cc1cccc(NC(=S)NNC(=O)Cc2csc(N3CCOCC3)n2)c1C. The molecule has 0 spiro atoms. The average molecular weight is 406 g/mol. The van der Waals surface area contributed by atoms with E-state index in [1.807, 2.05) is 37.4 Å². The predicted octanol–water partition coefficient (Wildman–Crippen LogP) is 2.16. The van der Waals surface area contributed by atoms with Crippen molar-refractivity contribution < 1.29 is 9.53 Å². The van der Waals surface area contributed by atoms with Gasteiger partial charge in [-0.3, -0.25) is 15.6 Å². The second kappa shape index (κ2) is 9.12. The fraction of sp³-hybridized carbons (Fsp3) is 0.389. The van der Waals surface area contributed by atoms with Crippen molar-refractivity contribution in [2.45, 2.75) is 20.3 Å². The van der Waals surface area contributed by atoms with Crippen molar-refractivity contribution in [2.75, 3.05) is 36.5 Å². The molecule has 0 bridgehead atoms.